The molecule has 0 saturated carbocycles. The standard InChI is InChI=1S/C18H27NO4/c1-4-12-19(14-15(2)18(21)22-3)17(20)11-8-13-23-16-9-6-5-7-10-16/h5-7,9-10,15H,4,8,11-14H2,1-3H3. The van der Waals surface area contributed by atoms with Crippen molar-refractivity contribution < 1.29 is 19.1 Å². The van der Waals surface area contributed by atoms with Gasteiger partial charge in [0.05, 0.1) is 19.6 Å². The van der Waals surface area contributed by atoms with Gasteiger partial charge in [-0.25, -0.2) is 0 Å². The Kier molecular flexibility index (Phi) is 8.80. The lowest BCUT2D eigenvalue weighted by Crippen LogP contribution is -2.37. The number of nitrogens with zero attached hydrogens (tertiary/aromatic N) is 1. The van der Waals surface area contributed by atoms with E-state index >= 15 is 0 Å². The van der Waals surface area contributed by atoms with Gasteiger partial charge in [0.25, 0.3) is 0 Å². The van der Waals surface area contributed by atoms with E-state index in [1.165, 1.54) is 7.11 Å². The number of para-hydroxylation sites is 1. The zero-order chi connectivity index (χ0) is 17.1. The van der Waals surface area contributed by atoms with Gasteiger partial charge in [-0.1, -0.05) is 32.0 Å². The third-order valence-electron chi connectivity index (χ3n) is 3.49. The molecular weight excluding hydrogens is 294 g/mol. The van der Waals surface area contributed by atoms with Crippen molar-refractivity contribution >= 4 is 11.9 Å². The van der Waals surface area contributed by atoms with Gasteiger partial charge in [0, 0.05) is 19.5 Å². The fraction of sp³-hybridized carbons (Fsp3) is 0.556. The van der Waals surface area contributed by atoms with E-state index in [-0.39, 0.29) is 17.8 Å². The molecule has 5 nitrogen and oxygen atoms in total. The second-order valence-corrected chi connectivity index (χ2v) is 5.53. The van der Waals surface area contributed by atoms with Crippen molar-refractivity contribution in [2.45, 2.75) is 33.1 Å². The Morgan fingerprint density at radius 3 is 2.52 bits per heavy atom. The van der Waals surface area contributed by atoms with E-state index < -0.39 is 0 Å². The summed E-state index contributed by atoms with van der Waals surface area (Å²) in [7, 11) is 1.37. The van der Waals surface area contributed by atoms with Crippen molar-refractivity contribution in [3.05, 3.63) is 30.3 Å². The predicted molar refractivity (Wildman–Crippen MR) is 89.2 cm³/mol. The molecule has 0 heterocycles. The lowest BCUT2D eigenvalue weighted by atomic mass is 10.1. The van der Waals surface area contributed by atoms with E-state index in [9.17, 15) is 9.59 Å². The first-order chi connectivity index (χ1) is 11.1. The van der Waals surface area contributed by atoms with Gasteiger partial charge in [0.2, 0.25) is 5.91 Å². The summed E-state index contributed by atoms with van der Waals surface area (Å²) in [5.74, 6) is 0.270. The van der Waals surface area contributed by atoms with Gasteiger partial charge in [-0.05, 0) is 25.0 Å². The number of hydrogen-bond donors (Lipinski definition) is 0. The maximum atomic E-state index is 12.3. The first-order valence-electron chi connectivity index (χ1n) is 8.12. The van der Waals surface area contributed by atoms with Crippen LogP contribution in [-0.2, 0) is 14.3 Å². The van der Waals surface area contributed by atoms with E-state index in [1.807, 2.05) is 37.3 Å². The quantitative estimate of drug-likeness (QED) is 0.491. The van der Waals surface area contributed by atoms with Crippen LogP contribution in [0.5, 0.6) is 5.75 Å². The van der Waals surface area contributed by atoms with Crippen LogP contribution >= 0.6 is 0 Å². The summed E-state index contributed by atoms with van der Waals surface area (Å²) in [6.07, 6.45) is 1.93. The Morgan fingerprint density at radius 1 is 1.22 bits per heavy atom. The maximum Gasteiger partial charge on any atom is 0.310 e. The van der Waals surface area contributed by atoms with Crippen molar-refractivity contribution in [2.24, 2.45) is 5.92 Å². The second kappa shape index (κ2) is 10.6. The molecule has 0 aliphatic rings. The van der Waals surface area contributed by atoms with Crippen LogP contribution < -0.4 is 4.74 Å². The number of carbonyl (C=O) groups excluding carboxylic acids is 2. The lowest BCUT2D eigenvalue weighted by Gasteiger charge is -2.24. The van der Waals surface area contributed by atoms with Crippen molar-refractivity contribution in [3.63, 3.8) is 0 Å². The number of amides is 1. The van der Waals surface area contributed by atoms with Gasteiger partial charge < -0.3 is 14.4 Å². The van der Waals surface area contributed by atoms with Crippen LogP contribution in [0.1, 0.15) is 33.1 Å². The molecule has 0 aliphatic heterocycles. The molecule has 23 heavy (non-hydrogen) atoms. The number of hydrogen-bond acceptors (Lipinski definition) is 4. The number of rotatable bonds is 10. The van der Waals surface area contributed by atoms with Crippen molar-refractivity contribution in [2.75, 3.05) is 26.8 Å². The lowest BCUT2D eigenvalue weighted by molar-refractivity contribution is -0.146. The highest BCUT2D eigenvalue weighted by Crippen LogP contribution is 2.10. The Balaban J connectivity index is 2.37. The Morgan fingerprint density at radius 2 is 1.91 bits per heavy atom. The molecular formula is C18H27NO4. The van der Waals surface area contributed by atoms with Crippen LogP contribution in [-0.4, -0.2) is 43.6 Å². The van der Waals surface area contributed by atoms with E-state index in [2.05, 4.69) is 0 Å². The van der Waals surface area contributed by atoms with Crippen molar-refractivity contribution in [3.8, 4) is 5.75 Å². The van der Waals surface area contributed by atoms with Gasteiger partial charge in [-0.3, -0.25) is 9.59 Å². The molecule has 0 aromatic heterocycles. The molecule has 128 valence electrons. The molecule has 1 aromatic carbocycles. The van der Waals surface area contributed by atoms with Gasteiger partial charge >= 0.3 is 5.97 Å². The summed E-state index contributed by atoms with van der Waals surface area (Å²) in [6.45, 7) is 5.35. The number of ether oxygens (including phenoxy) is 2. The van der Waals surface area contributed by atoms with Gasteiger partial charge in [-0.2, -0.15) is 0 Å². The van der Waals surface area contributed by atoms with E-state index in [0.717, 1.165) is 12.2 Å². The van der Waals surface area contributed by atoms with Crippen LogP contribution in [0, 0.1) is 5.92 Å². The fourth-order valence-corrected chi connectivity index (χ4v) is 2.28. The molecule has 0 fully saturated rings. The summed E-state index contributed by atoms with van der Waals surface area (Å²) in [6, 6.07) is 9.54. The summed E-state index contributed by atoms with van der Waals surface area (Å²) < 4.78 is 10.3. The average molecular weight is 321 g/mol. The van der Waals surface area contributed by atoms with Crippen molar-refractivity contribution in [1.29, 1.82) is 0 Å². The minimum atomic E-state index is -0.309. The van der Waals surface area contributed by atoms with Crippen molar-refractivity contribution in [1.82, 2.24) is 4.90 Å². The number of esters is 1. The summed E-state index contributed by atoms with van der Waals surface area (Å²) in [5, 5.41) is 0. The molecule has 0 spiro atoms. The SMILES string of the molecule is CCCN(CC(C)C(=O)OC)C(=O)CCCOc1ccccc1. The molecule has 0 N–H and O–H groups in total. The number of carbonyl (C=O) groups is 2. The monoisotopic (exact) mass is 321 g/mol. The molecule has 0 saturated heterocycles. The van der Waals surface area contributed by atoms with Crippen LogP contribution in [0.3, 0.4) is 0 Å². The highest BCUT2D eigenvalue weighted by Gasteiger charge is 2.20. The molecule has 0 aliphatic carbocycles. The third-order valence-corrected chi connectivity index (χ3v) is 3.49. The number of benzene rings is 1. The Labute approximate surface area is 138 Å². The molecule has 0 radical (unpaired) electrons. The Hall–Kier alpha value is -2.04. The molecule has 1 atom stereocenters. The molecule has 5 heteroatoms. The van der Waals surface area contributed by atoms with E-state index in [0.29, 0.717) is 32.5 Å². The zero-order valence-corrected chi connectivity index (χ0v) is 14.3. The largest absolute Gasteiger partial charge is 0.494 e. The van der Waals surface area contributed by atoms with E-state index in [4.69, 9.17) is 9.47 Å². The summed E-state index contributed by atoms with van der Waals surface area (Å²) >= 11 is 0. The highest BCUT2D eigenvalue weighted by atomic mass is 16.5. The first kappa shape index (κ1) is 19.0. The van der Waals surface area contributed by atoms with Gasteiger partial charge in [-0.15, -0.1) is 0 Å². The molecule has 1 unspecified atom stereocenters. The summed E-state index contributed by atoms with van der Waals surface area (Å²) in [4.78, 5) is 25.6. The number of methoxy groups -OCH3 is 1. The zero-order valence-electron chi connectivity index (χ0n) is 14.3. The molecule has 1 rings (SSSR count). The molecule has 0 bridgehead atoms. The van der Waals surface area contributed by atoms with Crippen LogP contribution in [0.25, 0.3) is 0 Å². The third kappa shape index (κ3) is 7.17. The summed E-state index contributed by atoms with van der Waals surface area (Å²) in [5.41, 5.74) is 0. The highest BCUT2D eigenvalue weighted by molar-refractivity contribution is 5.77. The van der Waals surface area contributed by atoms with E-state index in [1.54, 1.807) is 11.8 Å². The maximum absolute atomic E-state index is 12.3. The Bertz CT molecular complexity index is 475. The fourth-order valence-electron chi connectivity index (χ4n) is 2.28. The van der Waals surface area contributed by atoms with Gasteiger partial charge in [0.15, 0.2) is 0 Å². The van der Waals surface area contributed by atoms with Crippen LogP contribution in [0.4, 0.5) is 0 Å². The molecule has 1 amide bonds. The van der Waals surface area contributed by atoms with Crippen LogP contribution in [0.15, 0.2) is 30.3 Å². The first-order valence-corrected chi connectivity index (χ1v) is 8.12. The predicted octanol–water partition coefficient (Wildman–Crippen LogP) is 2.89. The normalized spacial score (nSPS) is 11.6. The minimum absolute atomic E-state index is 0.0549. The smallest absolute Gasteiger partial charge is 0.310 e. The average Bonchev–Trinajstić information content (AvgIpc) is 2.58. The molecule has 1 aromatic rings. The second-order valence-electron chi connectivity index (χ2n) is 5.53. The minimum Gasteiger partial charge on any atom is -0.494 e. The van der Waals surface area contributed by atoms with Crippen LogP contribution in [0.2, 0.25) is 0 Å². The topological polar surface area (TPSA) is 55.8 Å². The van der Waals surface area contributed by atoms with Gasteiger partial charge in [0.1, 0.15) is 5.75 Å².